The molecule has 3 heterocycles. The molecule has 12 heteroatoms. The number of nitrogens with zero attached hydrogens (tertiary/aromatic N) is 4. The lowest BCUT2D eigenvalue weighted by Crippen LogP contribution is -2.36. The Kier molecular flexibility index (Phi) is 12.1. The van der Waals surface area contributed by atoms with Crippen molar-refractivity contribution in [2.24, 2.45) is 0 Å². The van der Waals surface area contributed by atoms with Gasteiger partial charge >= 0.3 is 6.03 Å². The molecule has 2 fully saturated rings. The maximum atomic E-state index is 13.2. The molecule has 2 saturated heterocycles. The van der Waals surface area contributed by atoms with Gasteiger partial charge in [-0.05, 0) is 77.5 Å². The van der Waals surface area contributed by atoms with E-state index in [2.05, 4.69) is 98.2 Å². The number of nitrogens with one attached hydrogen (secondary N) is 4. The molecule has 0 saturated carbocycles. The molecule has 276 valence electrons. The molecule has 4 N–H and O–H groups in total. The van der Waals surface area contributed by atoms with Crippen LogP contribution in [0.4, 0.5) is 10.5 Å². The molecule has 0 bridgehead atoms. The standard InChI is InChI=1S/C40H52N8O3S/c1-25-30(39(2,3)4)20-26(21-31(25)40(5,6)7)19-28(22-41)37(50)43-29-15-13-27(14-16-29)32-23-48(47-46-32)18-10-17-42-35(49)12-9-8-11-34-36-33(24-52-34)44-38(51)45-36/h13-16,19-21,23,33-34,36H,8-12,17-18,24H2,1-7H3,(H,42,49)(H,43,50)(H2,44,45,51)/b28-19+/t33-,34-,36-/m1/s1. The highest BCUT2D eigenvalue weighted by atomic mass is 32.2. The maximum Gasteiger partial charge on any atom is 0.315 e. The molecular formula is C40H52N8O3S. The first-order valence-corrected chi connectivity index (χ1v) is 19.2. The number of hydrogen-bond acceptors (Lipinski definition) is 7. The number of rotatable bonds is 13. The molecule has 5 rings (SSSR count). The predicted molar refractivity (Wildman–Crippen MR) is 208 cm³/mol. The minimum Gasteiger partial charge on any atom is -0.356 e. The Morgan fingerprint density at radius 3 is 2.38 bits per heavy atom. The van der Waals surface area contributed by atoms with Gasteiger partial charge in [0, 0.05) is 41.8 Å². The lowest BCUT2D eigenvalue weighted by molar-refractivity contribution is -0.121. The van der Waals surface area contributed by atoms with E-state index >= 15 is 0 Å². The number of benzene rings is 2. The summed E-state index contributed by atoms with van der Waals surface area (Å²) in [4.78, 5) is 37.1. The Bertz CT molecular complexity index is 1810. The number of hydrogen-bond donors (Lipinski definition) is 4. The van der Waals surface area contributed by atoms with Crippen molar-refractivity contribution in [2.75, 3.05) is 17.6 Å². The molecule has 3 aromatic rings. The fraction of sp³-hybridized carbons (Fsp3) is 0.500. The molecule has 4 amide bonds. The van der Waals surface area contributed by atoms with E-state index in [1.807, 2.05) is 30.1 Å². The molecule has 2 aliphatic heterocycles. The summed E-state index contributed by atoms with van der Waals surface area (Å²) in [6, 6.07) is 13.9. The third kappa shape index (κ3) is 9.82. The molecule has 2 aromatic carbocycles. The molecule has 11 nitrogen and oxygen atoms in total. The number of amides is 4. The molecule has 1 aromatic heterocycles. The Hall–Kier alpha value is -4.63. The zero-order valence-corrected chi connectivity index (χ0v) is 32.2. The zero-order chi connectivity index (χ0) is 37.6. The van der Waals surface area contributed by atoms with Crippen LogP contribution in [-0.2, 0) is 27.0 Å². The molecular weight excluding hydrogens is 673 g/mol. The van der Waals surface area contributed by atoms with Crippen LogP contribution in [-0.4, -0.2) is 62.5 Å². The van der Waals surface area contributed by atoms with E-state index in [-0.39, 0.29) is 40.4 Å². The van der Waals surface area contributed by atoms with Gasteiger partial charge in [-0.3, -0.25) is 14.3 Å². The Labute approximate surface area is 311 Å². The number of aryl methyl sites for hydroxylation is 1. The molecule has 0 aliphatic carbocycles. The summed E-state index contributed by atoms with van der Waals surface area (Å²) < 4.78 is 1.76. The monoisotopic (exact) mass is 724 g/mol. The minimum atomic E-state index is -0.470. The summed E-state index contributed by atoms with van der Waals surface area (Å²) in [6.45, 7) is 16.4. The first kappa shape index (κ1) is 38.6. The van der Waals surface area contributed by atoms with Gasteiger partial charge in [0.1, 0.15) is 17.3 Å². The normalized spacial score (nSPS) is 18.7. The van der Waals surface area contributed by atoms with Crippen LogP contribution in [0.2, 0.25) is 0 Å². The highest BCUT2D eigenvalue weighted by Gasteiger charge is 2.42. The van der Waals surface area contributed by atoms with Gasteiger partial charge in [0.2, 0.25) is 5.91 Å². The van der Waals surface area contributed by atoms with Crippen molar-refractivity contribution < 1.29 is 14.4 Å². The first-order chi connectivity index (χ1) is 24.6. The number of anilines is 1. The maximum absolute atomic E-state index is 13.2. The number of aromatic nitrogens is 3. The Balaban J connectivity index is 1.07. The largest absolute Gasteiger partial charge is 0.356 e. The number of fused-ring (bicyclic) bond motifs is 1. The van der Waals surface area contributed by atoms with E-state index in [0.717, 1.165) is 42.6 Å². The third-order valence-corrected chi connectivity index (χ3v) is 11.2. The van der Waals surface area contributed by atoms with Crippen molar-refractivity contribution in [1.82, 2.24) is 30.9 Å². The van der Waals surface area contributed by atoms with E-state index in [0.29, 0.717) is 36.1 Å². The van der Waals surface area contributed by atoms with Crippen LogP contribution < -0.4 is 21.3 Å². The SMILES string of the molecule is Cc1c(C(C)(C)C)cc(/C=C(\C#N)C(=O)Nc2ccc(-c3cn(CCCNC(=O)CCCC[C@H]4SC[C@H]5NC(=O)N[C@H]54)nn3)cc2)cc1C(C)(C)C. The lowest BCUT2D eigenvalue weighted by atomic mass is 9.75. The van der Waals surface area contributed by atoms with E-state index in [9.17, 15) is 19.6 Å². The van der Waals surface area contributed by atoms with E-state index in [1.54, 1.807) is 22.9 Å². The van der Waals surface area contributed by atoms with Crippen molar-refractivity contribution >= 4 is 41.4 Å². The van der Waals surface area contributed by atoms with Gasteiger partial charge in [-0.25, -0.2) is 4.79 Å². The average molecular weight is 725 g/mol. The number of nitriles is 1. The van der Waals surface area contributed by atoms with Gasteiger partial charge in [0.25, 0.3) is 5.91 Å². The number of carbonyl (C=O) groups is 3. The van der Waals surface area contributed by atoms with Gasteiger partial charge < -0.3 is 21.3 Å². The topological polar surface area (TPSA) is 154 Å². The number of thioether (sulfide) groups is 1. The third-order valence-electron chi connectivity index (χ3n) is 9.67. The fourth-order valence-corrected chi connectivity index (χ4v) is 8.53. The molecule has 0 radical (unpaired) electrons. The van der Waals surface area contributed by atoms with Gasteiger partial charge in [-0.2, -0.15) is 17.0 Å². The second-order valence-electron chi connectivity index (χ2n) is 15.9. The summed E-state index contributed by atoms with van der Waals surface area (Å²) in [7, 11) is 0. The van der Waals surface area contributed by atoms with E-state index in [1.165, 1.54) is 16.7 Å². The summed E-state index contributed by atoms with van der Waals surface area (Å²) in [5.41, 5.74) is 6.40. The minimum absolute atomic E-state index is 0.0301. The van der Waals surface area contributed by atoms with Crippen LogP contribution in [0.1, 0.15) is 95.9 Å². The molecule has 2 aliphatic rings. The van der Waals surface area contributed by atoms with Gasteiger partial charge in [-0.15, -0.1) is 5.10 Å². The van der Waals surface area contributed by atoms with Crippen molar-refractivity contribution in [3.8, 4) is 17.3 Å². The molecule has 52 heavy (non-hydrogen) atoms. The van der Waals surface area contributed by atoms with Crippen molar-refractivity contribution in [2.45, 2.75) is 115 Å². The van der Waals surface area contributed by atoms with Crippen molar-refractivity contribution in [3.05, 3.63) is 70.4 Å². The highest BCUT2D eigenvalue weighted by Crippen LogP contribution is 2.36. The molecule has 0 unspecified atom stereocenters. The average Bonchev–Trinajstić information content (AvgIpc) is 3.80. The fourth-order valence-electron chi connectivity index (χ4n) is 6.99. The van der Waals surface area contributed by atoms with Crippen molar-refractivity contribution in [1.29, 1.82) is 5.26 Å². The second kappa shape index (κ2) is 16.4. The molecule has 3 atom stereocenters. The predicted octanol–water partition coefficient (Wildman–Crippen LogP) is 6.63. The quantitative estimate of drug-likeness (QED) is 0.0668. The van der Waals surface area contributed by atoms with Crippen LogP contribution in [0.3, 0.4) is 0 Å². The summed E-state index contributed by atoms with van der Waals surface area (Å²) in [5, 5.41) is 30.7. The smallest absolute Gasteiger partial charge is 0.315 e. The van der Waals surface area contributed by atoms with Crippen LogP contribution in [0, 0.1) is 18.3 Å². The highest BCUT2D eigenvalue weighted by molar-refractivity contribution is 8.00. The van der Waals surface area contributed by atoms with Crippen molar-refractivity contribution in [3.63, 3.8) is 0 Å². The first-order valence-electron chi connectivity index (χ1n) is 18.2. The van der Waals surface area contributed by atoms with Gasteiger partial charge in [-0.1, -0.05) is 77.4 Å². The lowest BCUT2D eigenvalue weighted by Gasteiger charge is -2.29. The van der Waals surface area contributed by atoms with Crippen LogP contribution in [0.15, 0.2) is 48.2 Å². The number of urea groups is 1. The van der Waals surface area contributed by atoms with E-state index < -0.39 is 5.91 Å². The summed E-state index contributed by atoms with van der Waals surface area (Å²) in [5.74, 6) is 0.531. The number of carbonyl (C=O) groups excluding carboxylic acids is 3. The van der Waals surface area contributed by atoms with Crippen LogP contribution in [0.5, 0.6) is 0 Å². The second-order valence-corrected chi connectivity index (χ2v) is 17.2. The zero-order valence-electron chi connectivity index (χ0n) is 31.4. The summed E-state index contributed by atoms with van der Waals surface area (Å²) >= 11 is 1.90. The van der Waals surface area contributed by atoms with E-state index in [4.69, 9.17) is 0 Å². The van der Waals surface area contributed by atoms with Gasteiger partial charge in [0.15, 0.2) is 0 Å². The Morgan fingerprint density at radius 2 is 1.73 bits per heavy atom. The van der Waals surface area contributed by atoms with Gasteiger partial charge in [0.05, 0.1) is 18.3 Å². The molecule has 0 spiro atoms. The van der Waals surface area contributed by atoms with Crippen LogP contribution >= 0.6 is 11.8 Å². The van der Waals surface area contributed by atoms with Crippen LogP contribution in [0.25, 0.3) is 17.3 Å². The summed E-state index contributed by atoms with van der Waals surface area (Å²) in [6.07, 6.45) is 7.54. The Morgan fingerprint density at radius 1 is 1.04 bits per heavy atom. The number of unbranched alkanes of at least 4 members (excludes halogenated alkanes) is 1.